The average Bonchev–Trinajstić information content (AvgIpc) is 3.02. The molecule has 208 valence electrons. The second-order valence-corrected chi connectivity index (χ2v) is 9.78. The molecule has 8 heteroatoms. The lowest BCUT2D eigenvalue weighted by Gasteiger charge is -2.18. The van der Waals surface area contributed by atoms with Crippen LogP contribution in [0.3, 0.4) is 0 Å². The Hall–Kier alpha value is -5.50. The van der Waals surface area contributed by atoms with E-state index < -0.39 is 11.3 Å². The maximum atomic E-state index is 13.7. The van der Waals surface area contributed by atoms with Crippen LogP contribution in [0, 0.1) is 0 Å². The first-order valence-electron chi connectivity index (χ1n) is 13.1. The van der Waals surface area contributed by atoms with Crippen LogP contribution in [-0.4, -0.2) is 28.4 Å². The minimum atomic E-state index is -0.500. The SMILES string of the molecule is COc1ccc(-c2c(=O)oc3cccc4c5c(-c6ccc(OC)c(OC)c6)c(=O)oc6cccc(c2c34)c65)cc1OC. The maximum absolute atomic E-state index is 13.7. The largest absolute Gasteiger partial charge is 0.493 e. The quantitative estimate of drug-likeness (QED) is 0.122. The smallest absolute Gasteiger partial charge is 0.344 e. The van der Waals surface area contributed by atoms with E-state index in [0.717, 1.165) is 10.8 Å². The standard InChI is InChI=1S/C34H24O8/c1-37-21-13-11-17(15-25(21)39-3)27-31-19-7-5-10-24-30(19)32(20-8-6-9-23(29(20)31)41-33(27)35)28(34(36)42-24)18-12-14-22(38-2)26(16-18)40-4/h5-16H,1-4H3. The summed E-state index contributed by atoms with van der Waals surface area (Å²) < 4.78 is 33.8. The highest BCUT2D eigenvalue weighted by Gasteiger charge is 2.25. The maximum Gasteiger partial charge on any atom is 0.344 e. The zero-order chi connectivity index (χ0) is 29.1. The van der Waals surface area contributed by atoms with Gasteiger partial charge in [-0.2, -0.15) is 0 Å². The summed E-state index contributed by atoms with van der Waals surface area (Å²) >= 11 is 0. The van der Waals surface area contributed by atoms with Crippen molar-refractivity contribution in [3.63, 3.8) is 0 Å². The van der Waals surface area contributed by atoms with Gasteiger partial charge in [0.15, 0.2) is 23.0 Å². The van der Waals surface area contributed by atoms with Crippen LogP contribution in [0.5, 0.6) is 23.0 Å². The van der Waals surface area contributed by atoms with Crippen LogP contribution in [0.25, 0.3) is 65.7 Å². The van der Waals surface area contributed by atoms with Gasteiger partial charge in [-0.25, -0.2) is 9.59 Å². The Kier molecular flexibility index (Phi) is 5.79. The van der Waals surface area contributed by atoms with Crippen molar-refractivity contribution in [1.82, 2.24) is 0 Å². The van der Waals surface area contributed by atoms with Crippen LogP contribution >= 0.6 is 0 Å². The van der Waals surface area contributed by atoms with Gasteiger partial charge >= 0.3 is 11.3 Å². The summed E-state index contributed by atoms with van der Waals surface area (Å²) in [6.07, 6.45) is 0. The topological polar surface area (TPSA) is 97.3 Å². The van der Waals surface area contributed by atoms with Crippen molar-refractivity contribution in [3.8, 4) is 45.3 Å². The Balaban J connectivity index is 1.70. The van der Waals surface area contributed by atoms with Gasteiger partial charge in [0.1, 0.15) is 11.2 Å². The summed E-state index contributed by atoms with van der Waals surface area (Å²) in [7, 11) is 6.20. The van der Waals surface area contributed by atoms with E-state index in [1.807, 2.05) is 24.3 Å². The van der Waals surface area contributed by atoms with Crippen molar-refractivity contribution < 1.29 is 27.8 Å². The monoisotopic (exact) mass is 560 g/mol. The van der Waals surface area contributed by atoms with E-state index >= 15 is 0 Å². The fourth-order valence-corrected chi connectivity index (χ4v) is 5.97. The predicted molar refractivity (Wildman–Crippen MR) is 162 cm³/mol. The number of methoxy groups -OCH3 is 4. The van der Waals surface area contributed by atoms with E-state index in [2.05, 4.69) is 0 Å². The summed E-state index contributed by atoms with van der Waals surface area (Å²) in [6.45, 7) is 0. The van der Waals surface area contributed by atoms with Gasteiger partial charge in [-0.1, -0.05) is 36.4 Å². The molecule has 2 heterocycles. The second kappa shape index (κ2) is 9.55. The minimum absolute atomic E-state index is 0.368. The molecular weight excluding hydrogens is 536 g/mol. The first kappa shape index (κ1) is 25.5. The first-order chi connectivity index (χ1) is 20.5. The van der Waals surface area contributed by atoms with Crippen LogP contribution in [0.2, 0.25) is 0 Å². The van der Waals surface area contributed by atoms with Gasteiger partial charge in [-0.05, 0) is 58.3 Å². The molecule has 0 saturated carbocycles. The van der Waals surface area contributed by atoms with Crippen LogP contribution in [-0.2, 0) is 0 Å². The molecule has 0 atom stereocenters. The zero-order valence-corrected chi connectivity index (χ0v) is 23.2. The van der Waals surface area contributed by atoms with E-state index in [9.17, 15) is 9.59 Å². The van der Waals surface area contributed by atoms with Crippen LogP contribution in [0.4, 0.5) is 0 Å². The normalized spacial score (nSPS) is 11.5. The summed E-state index contributed by atoms with van der Waals surface area (Å²) in [4.78, 5) is 27.3. The molecule has 0 bridgehead atoms. The molecule has 0 aliphatic carbocycles. The zero-order valence-electron chi connectivity index (χ0n) is 23.2. The molecule has 0 saturated heterocycles. The fourth-order valence-electron chi connectivity index (χ4n) is 5.97. The van der Waals surface area contributed by atoms with Crippen molar-refractivity contribution in [2.45, 2.75) is 0 Å². The lowest BCUT2D eigenvalue weighted by atomic mass is 9.87. The van der Waals surface area contributed by atoms with E-state index in [4.69, 9.17) is 27.8 Å². The summed E-state index contributed by atoms with van der Waals surface area (Å²) in [5.74, 6) is 2.03. The molecule has 2 aromatic heterocycles. The van der Waals surface area contributed by atoms with Gasteiger partial charge in [-0.3, -0.25) is 0 Å². The van der Waals surface area contributed by atoms with E-state index in [1.165, 1.54) is 0 Å². The molecule has 8 nitrogen and oxygen atoms in total. The average molecular weight is 561 g/mol. The Morgan fingerprint density at radius 1 is 0.476 bits per heavy atom. The second-order valence-electron chi connectivity index (χ2n) is 9.78. The van der Waals surface area contributed by atoms with Gasteiger partial charge in [0.2, 0.25) is 0 Å². The Morgan fingerprint density at radius 2 is 0.881 bits per heavy atom. The van der Waals surface area contributed by atoms with Crippen molar-refractivity contribution in [2.24, 2.45) is 0 Å². The van der Waals surface area contributed by atoms with Crippen molar-refractivity contribution in [2.75, 3.05) is 28.4 Å². The number of fused-ring (bicyclic) bond motifs is 2. The van der Waals surface area contributed by atoms with Crippen LogP contribution < -0.4 is 30.2 Å². The molecule has 0 spiro atoms. The Morgan fingerprint density at radius 3 is 1.26 bits per heavy atom. The summed E-state index contributed by atoms with van der Waals surface area (Å²) in [5, 5.41) is 4.30. The number of hydrogen-bond acceptors (Lipinski definition) is 8. The molecule has 42 heavy (non-hydrogen) atoms. The number of ether oxygens (including phenoxy) is 4. The van der Waals surface area contributed by atoms with E-state index in [1.54, 1.807) is 77.0 Å². The molecule has 7 aromatic rings. The molecule has 0 radical (unpaired) electrons. The van der Waals surface area contributed by atoms with Gasteiger partial charge in [0.25, 0.3) is 0 Å². The summed E-state index contributed by atoms with van der Waals surface area (Å²) in [6, 6.07) is 21.6. The third-order valence-corrected chi connectivity index (χ3v) is 7.75. The third kappa shape index (κ3) is 3.55. The van der Waals surface area contributed by atoms with Crippen LogP contribution in [0.15, 0.2) is 91.2 Å². The molecular formula is C34H24O8. The number of benzene rings is 5. The Bertz CT molecular complexity index is 2130. The molecule has 0 aliphatic heterocycles. The Labute approximate surface area is 238 Å². The highest BCUT2D eigenvalue weighted by molar-refractivity contribution is 6.36. The molecule has 0 fully saturated rings. The molecule has 0 aliphatic rings. The molecule has 0 amide bonds. The lowest BCUT2D eigenvalue weighted by Crippen LogP contribution is -2.08. The van der Waals surface area contributed by atoms with E-state index in [0.29, 0.717) is 78.0 Å². The molecule has 5 aromatic carbocycles. The fraction of sp³-hybridized carbons (Fsp3) is 0.118. The molecule has 0 unspecified atom stereocenters. The first-order valence-corrected chi connectivity index (χ1v) is 13.1. The highest BCUT2D eigenvalue weighted by atomic mass is 16.5. The highest BCUT2D eigenvalue weighted by Crippen LogP contribution is 2.46. The van der Waals surface area contributed by atoms with Crippen molar-refractivity contribution >= 4 is 43.5 Å². The van der Waals surface area contributed by atoms with Gasteiger partial charge in [0, 0.05) is 21.5 Å². The third-order valence-electron chi connectivity index (χ3n) is 7.75. The number of rotatable bonds is 6. The van der Waals surface area contributed by atoms with Crippen molar-refractivity contribution in [3.05, 3.63) is 93.6 Å². The predicted octanol–water partition coefficient (Wildman–Crippen LogP) is 7.01. The minimum Gasteiger partial charge on any atom is -0.493 e. The lowest BCUT2D eigenvalue weighted by molar-refractivity contribution is 0.355. The molecule has 7 rings (SSSR count). The van der Waals surface area contributed by atoms with Crippen molar-refractivity contribution in [1.29, 1.82) is 0 Å². The van der Waals surface area contributed by atoms with Crippen LogP contribution in [0.1, 0.15) is 0 Å². The van der Waals surface area contributed by atoms with E-state index in [-0.39, 0.29) is 0 Å². The van der Waals surface area contributed by atoms with Gasteiger partial charge in [-0.15, -0.1) is 0 Å². The molecule has 0 N–H and O–H groups in total. The number of hydrogen-bond donors (Lipinski definition) is 0. The van der Waals surface area contributed by atoms with Gasteiger partial charge < -0.3 is 27.8 Å². The summed E-state index contributed by atoms with van der Waals surface area (Å²) in [5.41, 5.74) is 1.76. The van der Waals surface area contributed by atoms with Gasteiger partial charge in [0.05, 0.1) is 39.6 Å².